The summed E-state index contributed by atoms with van der Waals surface area (Å²) in [6, 6.07) is 6.43. The highest BCUT2D eigenvalue weighted by Crippen LogP contribution is 2.15. The van der Waals surface area contributed by atoms with Gasteiger partial charge in [0.05, 0.1) is 17.7 Å². The first kappa shape index (κ1) is 14.3. The molecule has 2 aromatic rings. The molecule has 0 aliphatic carbocycles. The van der Waals surface area contributed by atoms with Crippen molar-refractivity contribution in [3.05, 3.63) is 48.0 Å². The fraction of sp³-hybridized carbons (Fsp3) is 0.231. The van der Waals surface area contributed by atoms with Crippen molar-refractivity contribution in [2.75, 3.05) is 6.61 Å². The standard InChI is InChI=1S/C13H14N2O4S/c1-3-19-13(16)12-8-15(9-14-12)20(17,18)11-6-4-10(2)5-7-11/h4-9H,3H2,1-2H3. The number of benzene rings is 1. The van der Waals surface area contributed by atoms with E-state index in [1.807, 2.05) is 6.92 Å². The zero-order valence-corrected chi connectivity index (χ0v) is 11.9. The van der Waals surface area contributed by atoms with Crippen LogP contribution in [0.25, 0.3) is 0 Å². The van der Waals surface area contributed by atoms with E-state index in [-0.39, 0.29) is 17.2 Å². The SMILES string of the molecule is CCOC(=O)c1cn(S(=O)(=O)c2ccc(C)cc2)cn1. The van der Waals surface area contributed by atoms with Crippen LogP contribution in [0.2, 0.25) is 0 Å². The Morgan fingerprint density at radius 3 is 2.55 bits per heavy atom. The van der Waals surface area contributed by atoms with Crippen molar-refractivity contribution in [1.82, 2.24) is 8.96 Å². The summed E-state index contributed by atoms with van der Waals surface area (Å²) >= 11 is 0. The van der Waals surface area contributed by atoms with E-state index in [2.05, 4.69) is 4.98 Å². The fourth-order valence-electron chi connectivity index (χ4n) is 1.58. The lowest BCUT2D eigenvalue weighted by molar-refractivity contribution is 0.0520. The quantitative estimate of drug-likeness (QED) is 0.800. The molecule has 0 aliphatic heterocycles. The van der Waals surface area contributed by atoms with E-state index in [9.17, 15) is 13.2 Å². The molecule has 1 aromatic carbocycles. The fourth-order valence-corrected chi connectivity index (χ4v) is 2.71. The largest absolute Gasteiger partial charge is 0.461 e. The van der Waals surface area contributed by atoms with Gasteiger partial charge in [0.2, 0.25) is 0 Å². The van der Waals surface area contributed by atoms with Crippen LogP contribution in [0.3, 0.4) is 0 Å². The number of hydrogen-bond acceptors (Lipinski definition) is 5. The Kier molecular flexibility index (Phi) is 3.89. The van der Waals surface area contributed by atoms with Gasteiger partial charge >= 0.3 is 5.97 Å². The van der Waals surface area contributed by atoms with E-state index in [0.717, 1.165) is 22.1 Å². The summed E-state index contributed by atoms with van der Waals surface area (Å²) in [4.78, 5) is 15.4. The van der Waals surface area contributed by atoms with E-state index >= 15 is 0 Å². The van der Waals surface area contributed by atoms with E-state index < -0.39 is 16.0 Å². The van der Waals surface area contributed by atoms with Gasteiger partial charge in [0.1, 0.15) is 6.33 Å². The average Bonchev–Trinajstić information content (AvgIpc) is 2.90. The summed E-state index contributed by atoms with van der Waals surface area (Å²) < 4.78 is 30.3. The molecule has 106 valence electrons. The number of aromatic nitrogens is 2. The second kappa shape index (κ2) is 5.46. The first-order valence-electron chi connectivity index (χ1n) is 5.98. The number of carbonyl (C=O) groups is 1. The van der Waals surface area contributed by atoms with Crippen molar-refractivity contribution >= 4 is 16.0 Å². The lowest BCUT2D eigenvalue weighted by Gasteiger charge is -2.04. The third-order valence-corrected chi connectivity index (χ3v) is 4.26. The van der Waals surface area contributed by atoms with Crippen LogP contribution < -0.4 is 0 Å². The smallest absolute Gasteiger partial charge is 0.358 e. The molecule has 0 radical (unpaired) electrons. The van der Waals surface area contributed by atoms with Gasteiger partial charge in [0.25, 0.3) is 10.0 Å². The number of hydrogen-bond donors (Lipinski definition) is 0. The van der Waals surface area contributed by atoms with Gasteiger partial charge < -0.3 is 4.74 Å². The van der Waals surface area contributed by atoms with Crippen molar-refractivity contribution in [1.29, 1.82) is 0 Å². The first-order chi connectivity index (χ1) is 9.45. The van der Waals surface area contributed by atoms with Gasteiger partial charge in [-0.3, -0.25) is 0 Å². The highest BCUT2D eigenvalue weighted by molar-refractivity contribution is 7.90. The normalized spacial score (nSPS) is 11.3. The van der Waals surface area contributed by atoms with Crippen LogP contribution >= 0.6 is 0 Å². The van der Waals surface area contributed by atoms with Gasteiger partial charge in [-0.15, -0.1) is 0 Å². The highest BCUT2D eigenvalue weighted by Gasteiger charge is 2.19. The molecule has 2 rings (SSSR count). The molecule has 0 N–H and O–H groups in total. The van der Waals surface area contributed by atoms with E-state index in [1.54, 1.807) is 19.1 Å². The van der Waals surface area contributed by atoms with Gasteiger partial charge in [0, 0.05) is 0 Å². The van der Waals surface area contributed by atoms with Gasteiger partial charge in [-0.25, -0.2) is 22.2 Å². The van der Waals surface area contributed by atoms with Crippen molar-refractivity contribution in [3.8, 4) is 0 Å². The van der Waals surface area contributed by atoms with Crippen molar-refractivity contribution < 1.29 is 17.9 Å². The Morgan fingerprint density at radius 2 is 1.95 bits per heavy atom. The predicted octanol–water partition coefficient (Wildman–Crippen LogP) is 1.61. The summed E-state index contributed by atoms with van der Waals surface area (Å²) in [6.45, 7) is 3.74. The molecular weight excluding hydrogens is 280 g/mol. The maximum absolute atomic E-state index is 12.3. The Hall–Kier alpha value is -2.15. The Morgan fingerprint density at radius 1 is 1.30 bits per heavy atom. The number of carbonyl (C=O) groups excluding carboxylic acids is 1. The van der Waals surface area contributed by atoms with Crippen LogP contribution in [0.4, 0.5) is 0 Å². The summed E-state index contributed by atoms with van der Waals surface area (Å²) in [5.41, 5.74) is 0.921. The number of nitrogens with zero attached hydrogens (tertiary/aromatic N) is 2. The minimum Gasteiger partial charge on any atom is -0.461 e. The van der Waals surface area contributed by atoms with Crippen LogP contribution in [0.15, 0.2) is 41.7 Å². The van der Waals surface area contributed by atoms with E-state index in [4.69, 9.17) is 4.74 Å². The van der Waals surface area contributed by atoms with Crippen molar-refractivity contribution in [2.45, 2.75) is 18.7 Å². The Labute approximate surface area is 117 Å². The van der Waals surface area contributed by atoms with Gasteiger partial charge in [-0.2, -0.15) is 0 Å². The van der Waals surface area contributed by atoms with Gasteiger partial charge in [-0.1, -0.05) is 17.7 Å². The molecule has 0 fully saturated rings. The molecule has 7 heteroatoms. The van der Waals surface area contributed by atoms with Crippen LogP contribution in [0, 0.1) is 6.92 Å². The summed E-state index contributed by atoms with van der Waals surface area (Å²) in [5, 5.41) is 0. The zero-order valence-electron chi connectivity index (χ0n) is 11.1. The number of imidazole rings is 1. The van der Waals surface area contributed by atoms with Crippen molar-refractivity contribution in [3.63, 3.8) is 0 Å². The zero-order chi connectivity index (χ0) is 14.8. The number of ether oxygens (including phenoxy) is 1. The van der Waals surface area contributed by atoms with E-state index in [0.29, 0.717) is 0 Å². The molecule has 0 saturated heterocycles. The maximum atomic E-state index is 12.3. The molecule has 0 saturated carbocycles. The highest BCUT2D eigenvalue weighted by atomic mass is 32.2. The van der Waals surface area contributed by atoms with Crippen molar-refractivity contribution in [2.24, 2.45) is 0 Å². The van der Waals surface area contributed by atoms with Crippen LogP contribution in [-0.2, 0) is 14.8 Å². The maximum Gasteiger partial charge on any atom is 0.358 e. The first-order valence-corrected chi connectivity index (χ1v) is 7.42. The van der Waals surface area contributed by atoms with Gasteiger partial charge in [0.15, 0.2) is 5.69 Å². The summed E-state index contributed by atoms with van der Waals surface area (Å²) in [7, 11) is -3.74. The third kappa shape index (κ3) is 2.72. The molecule has 6 nitrogen and oxygen atoms in total. The molecule has 0 amide bonds. The molecule has 0 bridgehead atoms. The minimum atomic E-state index is -3.74. The number of esters is 1. The molecule has 0 aliphatic rings. The molecular formula is C13H14N2O4S. The lowest BCUT2D eigenvalue weighted by Crippen LogP contribution is -2.11. The molecule has 1 heterocycles. The minimum absolute atomic E-state index is 0.0393. The average molecular weight is 294 g/mol. The Balaban J connectivity index is 2.35. The monoisotopic (exact) mass is 294 g/mol. The second-order valence-corrected chi connectivity index (χ2v) is 5.97. The molecule has 1 aromatic heterocycles. The summed E-state index contributed by atoms with van der Waals surface area (Å²) in [5.74, 6) is -0.648. The number of rotatable bonds is 4. The molecule has 20 heavy (non-hydrogen) atoms. The van der Waals surface area contributed by atoms with Crippen LogP contribution in [-0.4, -0.2) is 30.0 Å². The van der Waals surface area contributed by atoms with Gasteiger partial charge in [-0.05, 0) is 26.0 Å². The van der Waals surface area contributed by atoms with Crippen LogP contribution in [0.1, 0.15) is 23.0 Å². The second-order valence-electron chi connectivity index (χ2n) is 4.13. The topological polar surface area (TPSA) is 78.3 Å². The lowest BCUT2D eigenvalue weighted by atomic mass is 10.2. The number of aryl methyl sites for hydroxylation is 1. The third-order valence-electron chi connectivity index (χ3n) is 2.64. The van der Waals surface area contributed by atoms with E-state index in [1.165, 1.54) is 12.1 Å². The predicted molar refractivity (Wildman–Crippen MR) is 71.9 cm³/mol. The Bertz CT molecular complexity index is 717. The van der Waals surface area contributed by atoms with Crippen LogP contribution in [0.5, 0.6) is 0 Å². The molecule has 0 unspecified atom stereocenters. The molecule has 0 atom stereocenters. The molecule has 0 spiro atoms. The summed E-state index contributed by atoms with van der Waals surface area (Å²) in [6.07, 6.45) is 2.23.